The van der Waals surface area contributed by atoms with Gasteiger partial charge in [0.15, 0.2) is 6.61 Å². The summed E-state index contributed by atoms with van der Waals surface area (Å²) in [6.45, 7) is 0.00173. The quantitative estimate of drug-likeness (QED) is 0.315. The maximum atomic E-state index is 12.1. The van der Waals surface area contributed by atoms with Gasteiger partial charge >= 0.3 is 5.97 Å². The maximum Gasteiger partial charge on any atom is 0.341 e. The first kappa shape index (κ1) is 23.8. The Morgan fingerprint density at radius 1 is 0.857 bits per heavy atom. The van der Waals surface area contributed by atoms with Crippen LogP contribution in [-0.2, 0) is 11.2 Å². The molecule has 3 aromatic carbocycles. The van der Waals surface area contributed by atoms with Crippen LogP contribution in [-0.4, -0.2) is 34.5 Å². The first-order valence-corrected chi connectivity index (χ1v) is 11.4. The zero-order valence-electron chi connectivity index (χ0n) is 19.1. The molecule has 1 aromatic heterocycles. The van der Waals surface area contributed by atoms with Gasteiger partial charge in [-0.2, -0.15) is 5.10 Å². The minimum Gasteiger partial charge on any atom is -0.493 e. The summed E-state index contributed by atoms with van der Waals surface area (Å²) in [5.41, 5.74) is 3.62. The molecule has 0 amide bonds. The summed E-state index contributed by atoms with van der Waals surface area (Å²) in [5.74, 6) is -0.140. The monoisotopic (exact) mass is 470 g/mol. The van der Waals surface area contributed by atoms with Crippen molar-refractivity contribution in [3.63, 3.8) is 0 Å². The molecule has 0 unspecified atom stereocenters. The van der Waals surface area contributed by atoms with Gasteiger partial charge in [0, 0.05) is 12.1 Å². The van der Waals surface area contributed by atoms with Gasteiger partial charge in [0.05, 0.1) is 18.2 Å². The molecular formula is C28H26N2O5. The Hall–Kier alpha value is -4.39. The third kappa shape index (κ3) is 6.57. The van der Waals surface area contributed by atoms with Crippen LogP contribution in [0, 0.1) is 0 Å². The molecule has 4 rings (SSSR count). The average Bonchev–Trinajstić information content (AvgIpc) is 2.88. The van der Waals surface area contributed by atoms with Crippen LogP contribution in [0.5, 0.6) is 11.5 Å². The molecule has 0 aliphatic heterocycles. The van der Waals surface area contributed by atoms with Crippen molar-refractivity contribution in [2.75, 3.05) is 13.2 Å². The second-order valence-electron chi connectivity index (χ2n) is 8.01. The highest BCUT2D eigenvalue weighted by Gasteiger charge is 2.21. The number of ether oxygens (including phenoxy) is 2. The summed E-state index contributed by atoms with van der Waals surface area (Å²) in [6, 6.07) is 28.7. The Kier molecular flexibility index (Phi) is 7.91. The second-order valence-corrected chi connectivity index (χ2v) is 8.01. The zero-order valence-corrected chi connectivity index (χ0v) is 19.1. The Labute approximate surface area is 203 Å². The molecule has 0 bridgehead atoms. The number of hydrogen-bond acceptors (Lipinski definition) is 5. The van der Waals surface area contributed by atoms with Crippen molar-refractivity contribution in [2.24, 2.45) is 0 Å². The van der Waals surface area contributed by atoms with Crippen LogP contribution in [0.4, 0.5) is 0 Å². The van der Waals surface area contributed by atoms with E-state index in [1.165, 1.54) is 0 Å². The number of carbonyl (C=O) groups is 1. The van der Waals surface area contributed by atoms with Gasteiger partial charge in [-0.3, -0.25) is 4.79 Å². The van der Waals surface area contributed by atoms with E-state index in [0.717, 1.165) is 22.4 Å². The van der Waals surface area contributed by atoms with Crippen LogP contribution >= 0.6 is 0 Å². The van der Waals surface area contributed by atoms with Crippen molar-refractivity contribution in [1.82, 2.24) is 10.2 Å². The van der Waals surface area contributed by atoms with Gasteiger partial charge in [-0.25, -0.2) is 9.89 Å². The number of carboxylic acid groups (broad SMARTS) is 1. The number of aromatic nitrogens is 2. The summed E-state index contributed by atoms with van der Waals surface area (Å²) in [4.78, 5) is 22.8. The molecule has 0 radical (unpaired) electrons. The van der Waals surface area contributed by atoms with E-state index < -0.39 is 12.6 Å². The van der Waals surface area contributed by atoms with E-state index in [2.05, 4.69) is 34.5 Å². The molecule has 0 aliphatic rings. The number of benzene rings is 3. The molecule has 7 heteroatoms. The predicted octanol–water partition coefficient (Wildman–Crippen LogP) is 4.43. The van der Waals surface area contributed by atoms with E-state index in [1.54, 1.807) is 30.3 Å². The van der Waals surface area contributed by atoms with Crippen LogP contribution in [0.15, 0.2) is 95.8 Å². The number of rotatable bonds is 11. The van der Waals surface area contributed by atoms with Crippen molar-refractivity contribution in [2.45, 2.75) is 18.8 Å². The Morgan fingerprint density at radius 3 is 2.11 bits per heavy atom. The van der Waals surface area contributed by atoms with E-state index in [1.807, 2.05) is 36.4 Å². The van der Waals surface area contributed by atoms with Crippen molar-refractivity contribution in [1.29, 1.82) is 0 Å². The Balaban J connectivity index is 1.49. The second kappa shape index (κ2) is 11.7. The predicted molar refractivity (Wildman–Crippen MR) is 132 cm³/mol. The van der Waals surface area contributed by atoms with Crippen LogP contribution < -0.4 is 15.0 Å². The van der Waals surface area contributed by atoms with Crippen molar-refractivity contribution in [3.05, 3.63) is 124 Å². The summed E-state index contributed by atoms with van der Waals surface area (Å²) in [5, 5.41) is 15.8. The number of nitrogens with zero attached hydrogens (tertiary/aromatic N) is 1. The summed E-state index contributed by atoms with van der Waals surface area (Å²) in [6.07, 6.45) is 1.27. The van der Waals surface area contributed by atoms with Gasteiger partial charge in [-0.1, -0.05) is 66.7 Å². The lowest BCUT2D eigenvalue weighted by Gasteiger charge is -2.20. The molecule has 0 fully saturated rings. The number of hydrogen-bond donors (Lipinski definition) is 2. The molecule has 7 nitrogen and oxygen atoms in total. The van der Waals surface area contributed by atoms with Gasteiger partial charge in [0.1, 0.15) is 11.5 Å². The first-order chi connectivity index (χ1) is 17.1. The summed E-state index contributed by atoms with van der Waals surface area (Å²) >= 11 is 0. The lowest BCUT2D eigenvalue weighted by Crippen LogP contribution is -2.17. The molecule has 0 spiro atoms. The lowest BCUT2D eigenvalue weighted by atomic mass is 9.85. The van der Waals surface area contributed by atoms with Crippen molar-refractivity contribution >= 4 is 5.97 Å². The standard InChI is InChI=1S/C28H26N2O5/c31-25-17-22(13-8-16-34-23-14-7-15-24(18-23)35-19-26(32)33)28(30-29-25)27(20-9-3-1-4-10-20)21-11-5-2-6-12-21/h1-7,9-12,14-15,17-18,27H,8,13,16,19H2,(H,29,31)(H,32,33). The van der Waals surface area contributed by atoms with Gasteiger partial charge in [-0.05, 0) is 41.7 Å². The molecule has 2 N–H and O–H groups in total. The summed E-state index contributed by atoms with van der Waals surface area (Å²) < 4.78 is 11.0. The number of aromatic amines is 1. The summed E-state index contributed by atoms with van der Waals surface area (Å²) in [7, 11) is 0. The largest absolute Gasteiger partial charge is 0.493 e. The molecule has 1 heterocycles. The van der Waals surface area contributed by atoms with E-state index in [-0.39, 0.29) is 11.5 Å². The van der Waals surface area contributed by atoms with Crippen LogP contribution in [0.3, 0.4) is 0 Å². The third-order valence-electron chi connectivity index (χ3n) is 5.49. The molecule has 0 saturated heterocycles. The number of carboxylic acids is 1. The van der Waals surface area contributed by atoms with Crippen LogP contribution in [0.25, 0.3) is 0 Å². The number of aliphatic carboxylic acids is 1. The normalized spacial score (nSPS) is 10.8. The maximum absolute atomic E-state index is 12.1. The highest BCUT2D eigenvalue weighted by molar-refractivity contribution is 5.68. The fourth-order valence-electron chi connectivity index (χ4n) is 3.95. The minimum absolute atomic E-state index is 0.117. The number of nitrogens with one attached hydrogen (secondary N) is 1. The lowest BCUT2D eigenvalue weighted by molar-refractivity contribution is -0.139. The highest BCUT2D eigenvalue weighted by Crippen LogP contribution is 2.32. The molecule has 0 saturated carbocycles. The van der Waals surface area contributed by atoms with Gasteiger partial charge in [0.2, 0.25) is 0 Å². The molecule has 0 atom stereocenters. The molecule has 0 aliphatic carbocycles. The number of aryl methyl sites for hydroxylation is 1. The topological polar surface area (TPSA) is 102 Å². The van der Waals surface area contributed by atoms with Gasteiger partial charge in [-0.15, -0.1) is 0 Å². The molecular weight excluding hydrogens is 444 g/mol. The first-order valence-electron chi connectivity index (χ1n) is 11.4. The molecule has 35 heavy (non-hydrogen) atoms. The fourth-order valence-corrected chi connectivity index (χ4v) is 3.95. The van der Waals surface area contributed by atoms with Crippen LogP contribution in [0.1, 0.15) is 34.7 Å². The number of H-pyrrole nitrogens is 1. The Morgan fingerprint density at radius 2 is 1.49 bits per heavy atom. The SMILES string of the molecule is O=C(O)COc1cccc(OCCCc2cc(=O)[nH]nc2C(c2ccccc2)c2ccccc2)c1. The van der Waals surface area contributed by atoms with E-state index >= 15 is 0 Å². The Bertz CT molecular complexity index is 1270. The van der Waals surface area contributed by atoms with Gasteiger partial charge < -0.3 is 14.6 Å². The minimum atomic E-state index is -1.04. The smallest absolute Gasteiger partial charge is 0.341 e. The van der Waals surface area contributed by atoms with E-state index in [0.29, 0.717) is 30.9 Å². The van der Waals surface area contributed by atoms with Crippen LogP contribution in [0.2, 0.25) is 0 Å². The van der Waals surface area contributed by atoms with Crippen molar-refractivity contribution < 1.29 is 19.4 Å². The average molecular weight is 471 g/mol. The highest BCUT2D eigenvalue weighted by atomic mass is 16.5. The van der Waals surface area contributed by atoms with Gasteiger partial charge in [0.25, 0.3) is 5.56 Å². The molecule has 178 valence electrons. The molecule has 4 aromatic rings. The van der Waals surface area contributed by atoms with E-state index in [9.17, 15) is 9.59 Å². The fraction of sp³-hybridized carbons (Fsp3) is 0.179. The third-order valence-corrected chi connectivity index (χ3v) is 5.49. The zero-order chi connectivity index (χ0) is 24.5. The van der Waals surface area contributed by atoms with E-state index in [4.69, 9.17) is 14.6 Å². The van der Waals surface area contributed by atoms with Crippen molar-refractivity contribution in [3.8, 4) is 11.5 Å².